The lowest BCUT2D eigenvalue weighted by molar-refractivity contribution is -0.122. The number of fused-ring (bicyclic) bond motifs is 1. The highest BCUT2D eigenvalue weighted by molar-refractivity contribution is 6.30. The SMILES string of the molecule is CC(Oc1ccc2c(c1)NC(=O)CO2)C(=O)Nc1ccc(Cl)cc1. The zero-order valence-electron chi connectivity index (χ0n) is 12.8. The molecule has 1 heterocycles. The van der Waals surface area contributed by atoms with Crippen LogP contribution in [-0.2, 0) is 9.59 Å². The van der Waals surface area contributed by atoms with Crippen LogP contribution in [0.2, 0.25) is 5.02 Å². The Kier molecular flexibility index (Phi) is 4.57. The van der Waals surface area contributed by atoms with E-state index in [-0.39, 0.29) is 18.4 Å². The zero-order chi connectivity index (χ0) is 17.1. The molecule has 0 aliphatic carbocycles. The summed E-state index contributed by atoms with van der Waals surface area (Å²) in [6.45, 7) is 1.63. The van der Waals surface area contributed by atoms with Crippen LogP contribution < -0.4 is 20.1 Å². The highest BCUT2D eigenvalue weighted by atomic mass is 35.5. The van der Waals surface area contributed by atoms with E-state index in [1.807, 2.05) is 0 Å². The number of hydrogen-bond acceptors (Lipinski definition) is 4. The molecule has 0 aromatic heterocycles. The van der Waals surface area contributed by atoms with Gasteiger partial charge in [0.1, 0.15) is 11.5 Å². The number of carbonyl (C=O) groups is 2. The fourth-order valence-corrected chi connectivity index (χ4v) is 2.30. The second kappa shape index (κ2) is 6.80. The summed E-state index contributed by atoms with van der Waals surface area (Å²) < 4.78 is 10.9. The molecule has 1 aliphatic rings. The molecule has 1 atom stereocenters. The third-order valence-electron chi connectivity index (χ3n) is 3.38. The first-order valence-corrected chi connectivity index (χ1v) is 7.69. The molecule has 0 fully saturated rings. The molecule has 0 saturated heterocycles. The molecule has 1 aliphatic heterocycles. The summed E-state index contributed by atoms with van der Waals surface area (Å²) in [6.07, 6.45) is -0.723. The highest BCUT2D eigenvalue weighted by Crippen LogP contribution is 2.31. The molecule has 1 unspecified atom stereocenters. The van der Waals surface area contributed by atoms with Gasteiger partial charge in [0.25, 0.3) is 11.8 Å². The van der Waals surface area contributed by atoms with E-state index in [4.69, 9.17) is 21.1 Å². The molecule has 6 nitrogen and oxygen atoms in total. The van der Waals surface area contributed by atoms with Crippen LogP contribution in [0.1, 0.15) is 6.92 Å². The number of ether oxygens (including phenoxy) is 2. The van der Waals surface area contributed by atoms with Crippen molar-refractivity contribution in [3.63, 3.8) is 0 Å². The maximum absolute atomic E-state index is 12.2. The first kappa shape index (κ1) is 16.1. The van der Waals surface area contributed by atoms with E-state index in [0.29, 0.717) is 27.9 Å². The number of rotatable bonds is 4. The summed E-state index contributed by atoms with van der Waals surface area (Å²) in [5.74, 6) is 0.502. The minimum absolute atomic E-state index is 0.00684. The topological polar surface area (TPSA) is 76.7 Å². The van der Waals surface area contributed by atoms with Crippen molar-refractivity contribution in [2.75, 3.05) is 17.2 Å². The van der Waals surface area contributed by atoms with Gasteiger partial charge in [-0.2, -0.15) is 0 Å². The smallest absolute Gasteiger partial charge is 0.265 e. The lowest BCUT2D eigenvalue weighted by atomic mass is 10.2. The van der Waals surface area contributed by atoms with Gasteiger partial charge in [-0.25, -0.2) is 0 Å². The van der Waals surface area contributed by atoms with Crippen LogP contribution >= 0.6 is 11.6 Å². The van der Waals surface area contributed by atoms with E-state index in [1.165, 1.54) is 0 Å². The Labute approximate surface area is 143 Å². The maximum Gasteiger partial charge on any atom is 0.265 e. The summed E-state index contributed by atoms with van der Waals surface area (Å²) in [4.78, 5) is 23.5. The average molecular weight is 347 g/mol. The van der Waals surface area contributed by atoms with Crippen molar-refractivity contribution in [3.8, 4) is 11.5 Å². The van der Waals surface area contributed by atoms with E-state index < -0.39 is 6.10 Å². The lowest BCUT2D eigenvalue weighted by Crippen LogP contribution is -2.30. The standard InChI is InChI=1S/C17H15ClN2O4/c1-10(17(22)19-12-4-2-11(18)3-5-12)24-13-6-7-15-14(8-13)20-16(21)9-23-15/h2-8,10H,9H2,1H3,(H,19,22)(H,20,21). The Balaban J connectivity index is 1.64. The van der Waals surface area contributed by atoms with Crippen molar-refractivity contribution in [2.24, 2.45) is 0 Å². The first-order valence-electron chi connectivity index (χ1n) is 7.31. The molecule has 0 spiro atoms. The van der Waals surface area contributed by atoms with Gasteiger partial charge in [-0.1, -0.05) is 11.6 Å². The quantitative estimate of drug-likeness (QED) is 0.892. The van der Waals surface area contributed by atoms with Crippen LogP contribution in [-0.4, -0.2) is 24.5 Å². The predicted octanol–water partition coefficient (Wildman–Crippen LogP) is 3.08. The Hall–Kier alpha value is -2.73. The van der Waals surface area contributed by atoms with Crippen LogP contribution in [0.3, 0.4) is 0 Å². The van der Waals surface area contributed by atoms with Crippen molar-refractivity contribution in [1.29, 1.82) is 0 Å². The van der Waals surface area contributed by atoms with Gasteiger partial charge < -0.3 is 20.1 Å². The second-order valence-corrected chi connectivity index (χ2v) is 5.69. The van der Waals surface area contributed by atoms with Crippen LogP contribution in [0.25, 0.3) is 0 Å². The molecule has 0 saturated carbocycles. The number of hydrogen-bond donors (Lipinski definition) is 2. The molecular weight excluding hydrogens is 332 g/mol. The normalized spacial score (nSPS) is 14.0. The maximum atomic E-state index is 12.2. The highest BCUT2D eigenvalue weighted by Gasteiger charge is 2.19. The van der Waals surface area contributed by atoms with Gasteiger partial charge in [0.15, 0.2) is 12.7 Å². The number of anilines is 2. The number of carbonyl (C=O) groups excluding carboxylic acids is 2. The van der Waals surface area contributed by atoms with Crippen LogP contribution in [0.15, 0.2) is 42.5 Å². The fraction of sp³-hybridized carbons (Fsp3) is 0.176. The van der Waals surface area contributed by atoms with Gasteiger partial charge in [0.05, 0.1) is 5.69 Å². The molecule has 2 amide bonds. The van der Waals surface area contributed by atoms with Gasteiger partial charge in [-0.3, -0.25) is 9.59 Å². The minimum atomic E-state index is -0.723. The Morgan fingerprint density at radius 3 is 2.79 bits per heavy atom. The third kappa shape index (κ3) is 3.78. The third-order valence-corrected chi connectivity index (χ3v) is 3.63. The minimum Gasteiger partial charge on any atom is -0.482 e. The Morgan fingerprint density at radius 1 is 1.29 bits per heavy atom. The van der Waals surface area contributed by atoms with Gasteiger partial charge in [0.2, 0.25) is 0 Å². The van der Waals surface area contributed by atoms with Crippen LogP contribution in [0, 0.1) is 0 Å². The monoisotopic (exact) mass is 346 g/mol. The summed E-state index contributed by atoms with van der Waals surface area (Å²) in [6, 6.07) is 11.8. The molecule has 124 valence electrons. The zero-order valence-corrected chi connectivity index (χ0v) is 13.6. The van der Waals surface area contributed by atoms with Crippen LogP contribution in [0.4, 0.5) is 11.4 Å². The lowest BCUT2D eigenvalue weighted by Gasteiger charge is -2.20. The molecule has 24 heavy (non-hydrogen) atoms. The van der Waals surface area contributed by atoms with E-state index in [1.54, 1.807) is 49.4 Å². The van der Waals surface area contributed by atoms with Crippen molar-refractivity contribution >= 4 is 34.8 Å². The van der Waals surface area contributed by atoms with E-state index in [0.717, 1.165) is 0 Å². The summed E-state index contributed by atoms with van der Waals surface area (Å²) in [5, 5.41) is 6.03. The average Bonchev–Trinajstić information content (AvgIpc) is 2.56. The van der Waals surface area contributed by atoms with Crippen molar-refractivity contribution in [2.45, 2.75) is 13.0 Å². The Bertz CT molecular complexity index is 777. The summed E-state index contributed by atoms with van der Waals surface area (Å²) in [7, 11) is 0. The van der Waals surface area contributed by atoms with Crippen molar-refractivity contribution < 1.29 is 19.1 Å². The summed E-state index contributed by atoms with van der Waals surface area (Å²) in [5.41, 5.74) is 1.15. The van der Waals surface area contributed by atoms with Crippen molar-refractivity contribution in [3.05, 3.63) is 47.5 Å². The Morgan fingerprint density at radius 2 is 2.04 bits per heavy atom. The number of nitrogens with one attached hydrogen (secondary N) is 2. The number of halogens is 1. The summed E-state index contributed by atoms with van der Waals surface area (Å²) >= 11 is 5.81. The van der Waals surface area contributed by atoms with Gasteiger partial charge in [-0.15, -0.1) is 0 Å². The molecule has 2 aromatic rings. The molecule has 3 rings (SSSR count). The largest absolute Gasteiger partial charge is 0.482 e. The molecule has 0 radical (unpaired) electrons. The second-order valence-electron chi connectivity index (χ2n) is 5.25. The van der Waals surface area contributed by atoms with E-state index >= 15 is 0 Å². The van der Waals surface area contributed by atoms with Crippen LogP contribution in [0.5, 0.6) is 11.5 Å². The predicted molar refractivity (Wildman–Crippen MR) is 90.7 cm³/mol. The number of amides is 2. The van der Waals surface area contributed by atoms with Gasteiger partial charge >= 0.3 is 0 Å². The van der Waals surface area contributed by atoms with Gasteiger partial charge in [-0.05, 0) is 43.3 Å². The van der Waals surface area contributed by atoms with E-state index in [2.05, 4.69) is 10.6 Å². The van der Waals surface area contributed by atoms with Gasteiger partial charge in [0, 0.05) is 16.8 Å². The molecule has 2 N–H and O–H groups in total. The molecule has 2 aromatic carbocycles. The fourth-order valence-electron chi connectivity index (χ4n) is 2.17. The molecule has 7 heteroatoms. The molecule has 0 bridgehead atoms. The number of benzene rings is 2. The van der Waals surface area contributed by atoms with Crippen molar-refractivity contribution in [1.82, 2.24) is 0 Å². The van der Waals surface area contributed by atoms with E-state index in [9.17, 15) is 9.59 Å². The first-order chi connectivity index (χ1) is 11.5. The molecular formula is C17H15ClN2O4.